The van der Waals surface area contributed by atoms with E-state index in [1.165, 1.54) is 5.69 Å². The van der Waals surface area contributed by atoms with Crippen LogP contribution in [0.4, 0.5) is 5.69 Å². The van der Waals surface area contributed by atoms with Gasteiger partial charge < -0.3 is 19.5 Å². The van der Waals surface area contributed by atoms with Crippen molar-refractivity contribution in [3.63, 3.8) is 0 Å². The smallest absolute Gasteiger partial charge is 0.251 e. The quantitative estimate of drug-likeness (QED) is 0.565. The zero-order valence-electron chi connectivity index (χ0n) is 19.6. The molecule has 1 unspecified atom stereocenters. The molecule has 1 saturated heterocycles. The van der Waals surface area contributed by atoms with Gasteiger partial charge in [-0.25, -0.2) is 0 Å². The van der Waals surface area contributed by atoms with Gasteiger partial charge in [0, 0.05) is 50.0 Å². The standard InChI is InChI=1S/C26H32N4O3/c1-19(29-13-15-30(16-14-29)23-7-5-4-6-8-23)17-27-26(31)22-9-11-24(12-10-22)32-18-25-20(2)28-33-21(25)3/h4-12,19H,13-18H2,1-3H3,(H,27,31). The van der Waals surface area contributed by atoms with Crippen LogP contribution in [0.25, 0.3) is 0 Å². The Morgan fingerprint density at radius 1 is 1.06 bits per heavy atom. The van der Waals surface area contributed by atoms with Crippen LogP contribution in [-0.2, 0) is 6.61 Å². The minimum Gasteiger partial charge on any atom is -0.489 e. The molecule has 1 aliphatic rings. The molecule has 4 rings (SSSR count). The number of aromatic nitrogens is 1. The Morgan fingerprint density at radius 2 is 1.76 bits per heavy atom. The van der Waals surface area contributed by atoms with E-state index in [9.17, 15) is 4.79 Å². The van der Waals surface area contributed by atoms with Crippen molar-refractivity contribution in [2.75, 3.05) is 37.6 Å². The summed E-state index contributed by atoms with van der Waals surface area (Å²) in [6.45, 7) is 10.9. The Bertz CT molecular complexity index is 1020. The molecule has 2 aromatic carbocycles. The Hall–Kier alpha value is -3.32. The minimum absolute atomic E-state index is 0.0676. The number of rotatable bonds is 8. The molecule has 0 aliphatic carbocycles. The number of nitrogens with one attached hydrogen (secondary N) is 1. The van der Waals surface area contributed by atoms with Crippen LogP contribution >= 0.6 is 0 Å². The van der Waals surface area contributed by atoms with Crippen molar-refractivity contribution in [1.82, 2.24) is 15.4 Å². The van der Waals surface area contributed by atoms with Gasteiger partial charge in [0.1, 0.15) is 18.1 Å². The summed E-state index contributed by atoms with van der Waals surface area (Å²) < 4.78 is 11.0. The number of anilines is 1. The largest absolute Gasteiger partial charge is 0.489 e. The van der Waals surface area contributed by atoms with Crippen LogP contribution in [-0.4, -0.2) is 54.7 Å². The second-order valence-corrected chi connectivity index (χ2v) is 8.53. The maximum Gasteiger partial charge on any atom is 0.251 e. The molecule has 0 spiro atoms. The fourth-order valence-electron chi connectivity index (χ4n) is 4.10. The van der Waals surface area contributed by atoms with Gasteiger partial charge in [-0.3, -0.25) is 9.69 Å². The van der Waals surface area contributed by atoms with Crippen LogP contribution in [0.15, 0.2) is 59.1 Å². The van der Waals surface area contributed by atoms with Crippen LogP contribution in [0, 0.1) is 13.8 Å². The Balaban J connectivity index is 1.21. The van der Waals surface area contributed by atoms with Gasteiger partial charge >= 0.3 is 0 Å². The molecule has 0 saturated carbocycles. The molecule has 1 fully saturated rings. The second-order valence-electron chi connectivity index (χ2n) is 8.53. The molecule has 1 aliphatic heterocycles. The molecule has 3 aromatic rings. The fourth-order valence-corrected chi connectivity index (χ4v) is 4.10. The van der Waals surface area contributed by atoms with E-state index in [1.54, 1.807) is 12.1 Å². The number of carbonyl (C=O) groups is 1. The van der Waals surface area contributed by atoms with Gasteiger partial charge in [-0.1, -0.05) is 23.4 Å². The number of amides is 1. The number of hydrogen-bond donors (Lipinski definition) is 1. The predicted octanol–water partition coefficient (Wildman–Crippen LogP) is 3.81. The van der Waals surface area contributed by atoms with E-state index in [-0.39, 0.29) is 11.9 Å². The normalized spacial score (nSPS) is 15.3. The van der Waals surface area contributed by atoms with Crippen molar-refractivity contribution >= 4 is 11.6 Å². The van der Waals surface area contributed by atoms with Crippen molar-refractivity contribution in [2.24, 2.45) is 0 Å². The summed E-state index contributed by atoms with van der Waals surface area (Å²) in [6.07, 6.45) is 0. The molecule has 1 aromatic heterocycles. The lowest BCUT2D eigenvalue weighted by atomic mass is 10.1. The highest BCUT2D eigenvalue weighted by atomic mass is 16.5. The van der Waals surface area contributed by atoms with E-state index in [2.05, 4.69) is 51.5 Å². The van der Waals surface area contributed by atoms with Crippen molar-refractivity contribution < 1.29 is 14.1 Å². The molecule has 7 heteroatoms. The molecule has 0 bridgehead atoms. The summed E-state index contributed by atoms with van der Waals surface area (Å²) in [4.78, 5) is 17.5. The second kappa shape index (κ2) is 10.5. The van der Waals surface area contributed by atoms with Crippen molar-refractivity contribution in [2.45, 2.75) is 33.4 Å². The third kappa shape index (κ3) is 5.73. The average Bonchev–Trinajstić information content (AvgIpc) is 3.18. The maximum absolute atomic E-state index is 12.6. The number of carbonyl (C=O) groups excluding carboxylic acids is 1. The van der Waals surface area contributed by atoms with Crippen LogP contribution in [0.3, 0.4) is 0 Å². The summed E-state index contributed by atoms with van der Waals surface area (Å²) >= 11 is 0. The zero-order valence-corrected chi connectivity index (χ0v) is 19.6. The first-order valence-corrected chi connectivity index (χ1v) is 11.5. The van der Waals surface area contributed by atoms with Gasteiger partial charge in [-0.2, -0.15) is 0 Å². The lowest BCUT2D eigenvalue weighted by Gasteiger charge is -2.39. The molecule has 7 nitrogen and oxygen atoms in total. The highest BCUT2D eigenvalue weighted by Gasteiger charge is 2.21. The van der Waals surface area contributed by atoms with E-state index >= 15 is 0 Å². The van der Waals surface area contributed by atoms with E-state index in [0.29, 0.717) is 24.5 Å². The Morgan fingerprint density at radius 3 is 2.39 bits per heavy atom. The Kier molecular flexibility index (Phi) is 7.29. The average molecular weight is 449 g/mol. The first-order chi connectivity index (χ1) is 16.0. The van der Waals surface area contributed by atoms with E-state index in [4.69, 9.17) is 9.26 Å². The summed E-state index contributed by atoms with van der Waals surface area (Å²) in [5.74, 6) is 1.40. The van der Waals surface area contributed by atoms with Crippen LogP contribution in [0.2, 0.25) is 0 Å². The van der Waals surface area contributed by atoms with Gasteiger partial charge in [-0.15, -0.1) is 0 Å². The molecule has 1 amide bonds. The maximum atomic E-state index is 12.6. The molecule has 2 heterocycles. The number of hydrogen-bond acceptors (Lipinski definition) is 6. The summed E-state index contributed by atoms with van der Waals surface area (Å²) in [6, 6.07) is 18.0. The molecule has 174 valence electrons. The van der Waals surface area contributed by atoms with Gasteiger partial charge in [0.2, 0.25) is 0 Å². The topological polar surface area (TPSA) is 70.8 Å². The third-order valence-electron chi connectivity index (χ3n) is 6.30. The van der Waals surface area contributed by atoms with Crippen LogP contribution in [0.1, 0.15) is 34.3 Å². The first-order valence-electron chi connectivity index (χ1n) is 11.5. The van der Waals surface area contributed by atoms with E-state index in [1.807, 2.05) is 32.0 Å². The lowest BCUT2D eigenvalue weighted by molar-refractivity contribution is 0.0934. The number of para-hydroxylation sites is 1. The number of aryl methyl sites for hydroxylation is 2. The molecule has 1 N–H and O–H groups in total. The van der Waals surface area contributed by atoms with Crippen LogP contribution in [0.5, 0.6) is 5.75 Å². The Labute approximate surface area is 195 Å². The van der Waals surface area contributed by atoms with E-state index < -0.39 is 0 Å². The van der Waals surface area contributed by atoms with Gasteiger partial charge in [0.15, 0.2) is 0 Å². The number of piperazine rings is 1. The first kappa shape index (κ1) is 22.9. The number of nitrogens with zero attached hydrogens (tertiary/aromatic N) is 3. The van der Waals surface area contributed by atoms with Crippen molar-refractivity contribution in [3.05, 3.63) is 77.2 Å². The van der Waals surface area contributed by atoms with Crippen molar-refractivity contribution in [3.8, 4) is 5.75 Å². The zero-order chi connectivity index (χ0) is 23.2. The SMILES string of the molecule is Cc1noc(C)c1COc1ccc(C(=O)NCC(C)N2CCN(c3ccccc3)CC2)cc1. The summed E-state index contributed by atoms with van der Waals surface area (Å²) in [7, 11) is 0. The van der Waals surface area contributed by atoms with E-state index in [0.717, 1.165) is 43.2 Å². The lowest BCUT2D eigenvalue weighted by Crippen LogP contribution is -2.52. The molecule has 33 heavy (non-hydrogen) atoms. The third-order valence-corrected chi connectivity index (χ3v) is 6.30. The fraction of sp³-hybridized carbons (Fsp3) is 0.385. The van der Waals surface area contributed by atoms with Gasteiger partial charge in [-0.05, 0) is 57.2 Å². The monoisotopic (exact) mass is 448 g/mol. The number of ether oxygens (including phenoxy) is 1. The number of benzene rings is 2. The molecular weight excluding hydrogens is 416 g/mol. The summed E-state index contributed by atoms with van der Waals surface area (Å²) in [5.41, 5.74) is 3.69. The molecule has 1 atom stereocenters. The molecule has 0 radical (unpaired) electrons. The van der Waals surface area contributed by atoms with Crippen LogP contribution < -0.4 is 15.0 Å². The van der Waals surface area contributed by atoms with Gasteiger partial charge in [0.05, 0.1) is 11.3 Å². The minimum atomic E-state index is -0.0676. The highest BCUT2D eigenvalue weighted by molar-refractivity contribution is 5.94. The molecular formula is C26H32N4O3. The van der Waals surface area contributed by atoms with Crippen molar-refractivity contribution in [1.29, 1.82) is 0 Å². The summed E-state index contributed by atoms with van der Waals surface area (Å²) in [5, 5.41) is 7.01. The predicted molar refractivity (Wildman–Crippen MR) is 129 cm³/mol. The van der Waals surface area contributed by atoms with Gasteiger partial charge in [0.25, 0.3) is 5.91 Å². The highest BCUT2D eigenvalue weighted by Crippen LogP contribution is 2.19.